The zero-order valence-corrected chi connectivity index (χ0v) is 17.5. The number of hydrogen-bond donors (Lipinski definition) is 3. The quantitative estimate of drug-likeness (QED) is 0.308. The Kier molecular flexibility index (Phi) is 36.0. The van der Waals surface area contributed by atoms with Crippen molar-refractivity contribution in [1.29, 1.82) is 0 Å². The number of hydrogen-bond acceptors (Lipinski definition) is 4. The molecule has 0 amide bonds. The van der Waals surface area contributed by atoms with Gasteiger partial charge in [-0.3, -0.25) is 0 Å². The van der Waals surface area contributed by atoms with Crippen molar-refractivity contribution in [3.05, 3.63) is 0 Å². The average molecular weight is 346 g/mol. The molecule has 0 heterocycles. The van der Waals surface area contributed by atoms with E-state index >= 15 is 0 Å². The summed E-state index contributed by atoms with van der Waals surface area (Å²) >= 11 is 0. The van der Waals surface area contributed by atoms with Gasteiger partial charge >= 0.3 is 0 Å². The van der Waals surface area contributed by atoms with Crippen LogP contribution < -0.4 is 16.0 Å². The van der Waals surface area contributed by atoms with Crippen molar-refractivity contribution in [2.24, 2.45) is 0 Å². The Morgan fingerprint density at radius 2 is 1.42 bits per heavy atom. The van der Waals surface area contributed by atoms with Gasteiger partial charge < -0.3 is 20.7 Å². The monoisotopic (exact) mass is 345 g/mol. The maximum Gasteiger partial charge on any atom is 0.119 e. The van der Waals surface area contributed by atoms with E-state index < -0.39 is 0 Å². The van der Waals surface area contributed by atoms with Crippen LogP contribution in [0.15, 0.2) is 0 Å². The van der Waals surface area contributed by atoms with Crippen LogP contribution in [0.2, 0.25) is 0 Å². The van der Waals surface area contributed by atoms with Gasteiger partial charge in [0.2, 0.25) is 0 Å². The Morgan fingerprint density at radius 3 is 1.92 bits per heavy atom. The second-order valence-electron chi connectivity index (χ2n) is 6.00. The maximum absolute atomic E-state index is 10.0. The van der Waals surface area contributed by atoms with Gasteiger partial charge in [-0.05, 0) is 52.5 Å². The summed E-state index contributed by atoms with van der Waals surface area (Å²) in [6.45, 7) is 15.0. The van der Waals surface area contributed by atoms with Crippen LogP contribution in [0.4, 0.5) is 0 Å². The van der Waals surface area contributed by atoms with E-state index in [0.717, 1.165) is 45.3 Å². The molecule has 4 nitrogen and oxygen atoms in total. The van der Waals surface area contributed by atoms with Gasteiger partial charge in [0.1, 0.15) is 6.29 Å². The molecule has 0 aliphatic heterocycles. The van der Waals surface area contributed by atoms with Gasteiger partial charge in [-0.1, -0.05) is 60.3 Å². The van der Waals surface area contributed by atoms with Gasteiger partial charge in [-0.2, -0.15) is 0 Å². The number of nitrogens with one attached hydrogen (secondary N) is 3. The van der Waals surface area contributed by atoms with Crippen molar-refractivity contribution in [1.82, 2.24) is 16.0 Å². The summed E-state index contributed by atoms with van der Waals surface area (Å²) in [4.78, 5) is 10.0. The number of carbonyl (C=O) groups is 1. The standard InChI is InChI=1S/C12H25NO.C6H16N2.C2H6/c1-12(2)13-10-8-6-4-3-5-7-9-11-14;1-3-8-6-4-5-7-2;1-2/h11-13H,3-10H2,1-2H3;7-8H,3-6H2,1-2H3;1-2H3. The highest BCUT2D eigenvalue weighted by atomic mass is 16.1. The lowest BCUT2D eigenvalue weighted by atomic mass is 10.1. The Hall–Kier alpha value is -0.450. The molecule has 0 spiro atoms. The van der Waals surface area contributed by atoms with Crippen molar-refractivity contribution in [3.63, 3.8) is 0 Å². The molecule has 0 aliphatic carbocycles. The van der Waals surface area contributed by atoms with E-state index in [0.29, 0.717) is 6.04 Å². The van der Waals surface area contributed by atoms with Crippen LogP contribution in [0.25, 0.3) is 0 Å². The Morgan fingerprint density at radius 1 is 0.833 bits per heavy atom. The molecule has 3 N–H and O–H groups in total. The third-order valence-corrected chi connectivity index (χ3v) is 3.33. The Labute approximate surface area is 152 Å². The summed E-state index contributed by atoms with van der Waals surface area (Å²) in [5.74, 6) is 0. The number of aldehydes is 1. The Bertz CT molecular complexity index is 193. The molecule has 0 rings (SSSR count). The maximum atomic E-state index is 10.0. The van der Waals surface area contributed by atoms with Gasteiger partial charge in [-0.25, -0.2) is 0 Å². The summed E-state index contributed by atoms with van der Waals surface area (Å²) in [5, 5.41) is 9.74. The first-order valence-corrected chi connectivity index (χ1v) is 10.2. The van der Waals surface area contributed by atoms with Crippen LogP contribution >= 0.6 is 0 Å². The fourth-order valence-electron chi connectivity index (χ4n) is 2.02. The molecule has 0 unspecified atom stereocenters. The van der Waals surface area contributed by atoms with Gasteiger partial charge in [0.05, 0.1) is 0 Å². The minimum atomic E-state index is 0.614. The van der Waals surface area contributed by atoms with Gasteiger partial charge in [0, 0.05) is 12.5 Å². The first kappa shape index (κ1) is 28.4. The predicted molar refractivity (Wildman–Crippen MR) is 110 cm³/mol. The van der Waals surface area contributed by atoms with Crippen LogP contribution in [0.1, 0.15) is 86.0 Å². The van der Waals surface area contributed by atoms with E-state index in [4.69, 9.17) is 0 Å². The molecule has 0 radical (unpaired) electrons. The fourth-order valence-corrected chi connectivity index (χ4v) is 2.02. The summed E-state index contributed by atoms with van der Waals surface area (Å²) in [7, 11) is 1.98. The summed E-state index contributed by atoms with van der Waals surface area (Å²) in [6.07, 6.45) is 10.5. The molecule has 0 aromatic rings. The molecule has 0 fully saturated rings. The van der Waals surface area contributed by atoms with E-state index in [-0.39, 0.29) is 0 Å². The zero-order chi connectivity index (χ0) is 18.9. The van der Waals surface area contributed by atoms with Gasteiger partial charge in [-0.15, -0.1) is 0 Å². The van der Waals surface area contributed by atoms with Crippen molar-refractivity contribution in [3.8, 4) is 0 Å². The van der Waals surface area contributed by atoms with E-state index in [2.05, 4.69) is 36.7 Å². The van der Waals surface area contributed by atoms with Crippen molar-refractivity contribution < 1.29 is 4.79 Å². The van der Waals surface area contributed by atoms with Crippen LogP contribution in [0, 0.1) is 0 Å². The van der Waals surface area contributed by atoms with Crippen molar-refractivity contribution >= 4 is 6.29 Å². The molecular weight excluding hydrogens is 298 g/mol. The van der Waals surface area contributed by atoms with Gasteiger partial charge in [0.25, 0.3) is 0 Å². The zero-order valence-electron chi connectivity index (χ0n) is 17.5. The number of rotatable bonds is 15. The molecule has 24 heavy (non-hydrogen) atoms. The largest absolute Gasteiger partial charge is 0.320 e. The molecule has 0 saturated heterocycles. The van der Waals surface area contributed by atoms with Crippen LogP contribution in [0.5, 0.6) is 0 Å². The lowest BCUT2D eigenvalue weighted by molar-refractivity contribution is -0.107. The fraction of sp³-hybridized carbons (Fsp3) is 0.950. The molecule has 0 aliphatic rings. The van der Waals surface area contributed by atoms with Crippen LogP contribution in [-0.4, -0.2) is 45.6 Å². The average Bonchev–Trinajstić information content (AvgIpc) is 2.59. The van der Waals surface area contributed by atoms with Crippen molar-refractivity contribution in [2.75, 3.05) is 33.2 Å². The lowest BCUT2D eigenvalue weighted by Crippen LogP contribution is -2.23. The second kappa shape index (κ2) is 30.4. The lowest BCUT2D eigenvalue weighted by Gasteiger charge is -2.07. The molecular formula is C20H47N3O. The highest BCUT2D eigenvalue weighted by molar-refractivity contribution is 5.48. The molecule has 0 bridgehead atoms. The molecule has 0 aromatic carbocycles. The smallest absolute Gasteiger partial charge is 0.119 e. The first-order chi connectivity index (χ1) is 11.7. The highest BCUT2D eigenvalue weighted by Crippen LogP contribution is 2.05. The van der Waals surface area contributed by atoms with E-state index in [9.17, 15) is 4.79 Å². The topological polar surface area (TPSA) is 53.2 Å². The minimum absolute atomic E-state index is 0.614. The van der Waals surface area contributed by atoms with Crippen molar-refractivity contribution in [2.45, 2.75) is 92.0 Å². The summed E-state index contributed by atoms with van der Waals surface area (Å²) in [6, 6.07) is 0.614. The van der Waals surface area contributed by atoms with Gasteiger partial charge in [0.15, 0.2) is 0 Å². The van der Waals surface area contributed by atoms with Crippen LogP contribution in [0.3, 0.4) is 0 Å². The third kappa shape index (κ3) is 37.6. The SMILES string of the molecule is CC.CC(C)NCCCCCCCCC=O.CCNCCCNC. The number of unbranched alkanes of at least 4 members (excludes halogenated alkanes) is 6. The summed E-state index contributed by atoms with van der Waals surface area (Å²) in [5.41, 5.74) is 0. The first-order valence-electron chi connectivity index (χ1n) is 10.2. The molecule has 0 atom stereocenters. The predicted octanol–water partition coefficient (Wildman–Crippen LogP) is 4.15. The third-order valence-electron chi connectivity index (χ3n) is 3.33. The molecule has 0 aromatic heterocycles. The van der Waals surface area contributed by atoms with Crippen LogP contribution in [-0.2, 0) is 4.79 Å². The molecule has 4 heteroatoms. The highest BCUT2D eigenvalue weighted by Gasteiger charge is 1.93. The number of carbonyl (C=O) groups excluding carboxylic acids is 1. The molecule has 148 valence electrons. The minimum Gasteiger partial charge on any atom is -0.320 e. The van der Waals surface area contributed by atoms with E-state index in [1.807, 2.05) is 20.9 Å². The molecule has 0 saturated carbocycles. The summed E-state index contributed by atoms with van der Waals surface area (Å²) < 4.78 is 0. The van der Waals surface area contributed by atoms with E-state index in [1.54, 1.807) is 0 Å². The normalized spacial score (nSPS) is 9.79. The second-order valence-corrected chi connectivity index (χ2v) is 6.00. The van der Waals surface area contributed by atoms with E-state index in [1.165, 1.54) is 38.5 Å². The Balaban J connectivity index is -0.000000374.